The van der Waals surface area contributed by atoms with E-state index >= 15 is 0 Å². The predicted molar refractivity (Wildman–Crippen MR) is 409 cm³/mol. The lowest BCUT2D eigenvalue weighted by Gasteiger charge is -2.21. The summed E-state index contributed by atoms with van der Waals surface area (Å²) in [5.74, 6) is 0.207. The number of carbonyl (C=O) groups excluding carboxylic acids is 4. The summed E-state index contributed by atoms with van der Waals surface area (Å²) in [4.78, 5) is 73.0. The second-order valence-corrected chi connectivity index (χ2v) is 33.5. The van der Waals surface area contributed by atoms with E-state index in [0.29, 0.717) is 25.7 Å². The fourth-order valence-electron chi connectivity index (χ4n) is 12.5. The highest BCUT2D eigenvalue weighted by Crippen LogP contribution is 2.45. The molecule has 0 aliphatic heterocycles. The molecule has 0 saturated heterocycles. The van der Waals surface area contributed by atoms with Crippen LogP contribution in [0.15, 0.2) is 0 Å². The number of aliphatic hydroxyl groups is 1. The number of hydrogen-bond donors (Lipinski definition) is 3. The van der Waals surface area contributed by atoms with E-state index in [1.54, 1.807) is 0 Å². The fraction of sp³-hybridized carbons (Fsp3) is 0.951. The maximum Gasteiger partial charge on any atom is 0.472 e. The van der Waals surface area contributed by atoms with Crippen molar-refractivity contribution in [2.45, 2.75) is 439 Å². The van der Waals surface area contributed by atoms with Crippen LogP contribution < -0.4 is 0 Å². The molecule has 0 aromatic rings. The van der Waals surface area contributed by atoms with E-state index in [1.165, 1.54) is 231 Å². The zero-order valence-corrected chi connectivity index (χ0v) is 67.5. The third kappa shape index (κ3) is 74.3. The van der Waals surface area contributed by atoms with Crippen molar-refractivity contribution in [3.63, 3.8) is 0 Å². The summed E-state index contributed by atoms with van der Waals surface area (Å²) in [6.45, 7) is 11.9. The number of hydrogen-bond acceptors (Lipinski definition) is 15. The van der Waals surface area contributed by atoms with Crippen LogP contribution in [-0.2, 0) is 65.4 Å². The van der Waals surface area contributed by atoms with Crippen LogP contribution in [0.1, 0.15) is 421 Å². The average molecular weight is 1470 g/mol. The van der Waals surface area contributed by atoms with Gasteiger partial charge in [-0.2, -0.15) is 0 Å². The molecule has 0 fully saturated rings. The predicted octanol–water partition coefficient (Wildman–Crippen LogP) is 24.1. The first-order valence-corrected chi connectivity index (χ1v) is 44.8. The molecule has 17 nitrogen and oxygen atoms in total. The number of phosphoric acid groups is 2. The number of unbranched alkanes of at least 4 members (excludes halogenated alkanes) is 47. The molecular weight excluding hydrogens is 1310 g/mol. The Morgan fingerprint density at radius 2 is 0.460 bits per heavy atom. The third-order valence-corrected chi connectivity index (χ3v) is 20.8. The summed E-state index contributed by atoms with van der Waals surface area (Å²) in [6.07, 6.45) is 59.7. The van der Waals surface area contributed by atoms with Crippen LogP contribution >= 0.6 is 15.6 Å². The van der Waals surface area contributed by atoms with Gasteiger partial charge in [-0.3, -0.25) is 37.3 Å². The minimum Gasteiger partial charge on any atom is -0.462 e. The van der Waals surface area contributed by atoms with Gasteiger partial charge in [-0.05, 0) is 43.4 Å². The van der Waals surface area contributed by atoms with Crippen LogP contribution in [0.25, 0.3) is 0 Å². The normalized spacial score (nSPS) is 14.0. The van der Waals surface area contributed by atoms with Crippen molar-refractivity contribution in [3.8, 4) is 0 Å². The van der Waals surface area contributed by atoms with Gasteiger partial charge in [-0.1, -0.05) is 370 Å². The molecule has 0 radical (unpaired) electrons. The molecule has 0 heterocycles. The van der Waals surface area contributed by atoms with E-state index in [2.05, 4.69) is 48.5 Å². The van der Waals surface area contributed by atoms with E-state index in [4.69, 9.17) is 37.0 Å². The molecule has 0 aliphatic rings. The number of carbonyl (C=O) groups is 4. The molecule has 19 heteroatoms. The first-order valence-electron chi connectivity index (χ1n) is 41.8. The van der Waals surface area contributed by atoms with Crippen molar-refractivity contribution < 1.29 is 80.2 Å². The molecule has 0 aromatic heterocycles. The van der Waals surface area contributed by atoms with Gasteiger partial charge in [-0.15, -0.1) is 0 Å². The first kappa shape index (κ1) is 98.1. The van der Waals surface area contributed by atoms with Gasteiger partial charge < -0.3 is 33.8 Å². The quantitative estimate of drug-likeness (QED) is 0.0222. The maximum absolute atomic E-state index is 13.1. The van der Waals surface area contributed by atoms with Crippen LogP contribution in [-0.4, -0.2) is 96.7 Å². The molecule has 3 N–H and O–H groups in total. The lowest BCUT2D eigenvalue weighted by Crippen LogP contribution is -2.30. The number of esters is 4. The van der Waals surface area contributed by atoms with Gasteiger partial charge in [0.2, 0.25) is 0 Å². The van der Waals surface area contributed by atoms with Crippen LogP contribution in [0.5, 0.6) is 0 Å². The van der Waals surface area contributed by atoms with Crippen LogP contribution in [0.2, 0.25) is 0 Å². The topological polar surface area (TPSA) is 237 Å². The average Bonchev–Trinajstić information content (AvgIpc) is 0.950. The number of rotatable bonds is 79. The maximum atomic E-state index is 13.1. The molecule has 100 heavy (non-hydrogen) atoms. The summed E-state index contributed by atoms with van der Waals surface area (Å²) in [6, 6.07) is 0. The summed E-state index contributed by atoms with van der Waals surface area (Å²) in [7, 11) is -9.92. The van der Waals surface area contributed by atoms with E-state index in [1.807, 2.05) is 0 Å². The van der Waals surface area contributed by atoms with E-state index in [-0.39, 0.29) is 25.7 Å². The molecule has 594 valence electrons. The number of ether oxygens (including phenoxy) is 4. The van der Waals surface area contributed by atoms with Gasteiger partial charge in [0.05, 0.1) is 26.4 Å². The van der Waals surface area contributed by atoms with Crippen molar-refractivity contribution >= 4 is 39.5 Å². The number of phosphoric ester groups is 2. The zero-order chi connectivity index (χ0) is 73.7. The smallest absolute Gasteiger partial charge is 0.462 e. The molecule has 0 amide bonds. The Morgan fingerprint density at radius 3 is 0.680 bits per heavy atom. The van der Waals surface area contributed by atoms with Gasteiger partial charge in [-0.25, -0.2) is 9.13 Å². The number of aliphatic hydroxyl groups excluding tert-OH is 1. The van der Waals surface area contributed by atoms with Crippen molar-refractivity contribution in [2.75, 3.05) is 39.6 Å². The first-order chi connectivity index (χ1) is 48.2. The van der Waals surface area contributed by atoms with Gasteiger partial charge in [0.25, 0.3) is 0 Å². The monoisotopic (exact) mass is 1470 g/mol. The summed E-state index contributed by atoms with van der Waals surface area (Å²) in [5.41, 5.74) is 0. The molecule has 0 spiro atoms. The van der Waals surface area contributed by atoms with Crippen molar-refractivity contribution in [1.82, 2.24) is 0 Å². The highest BCUT2D eigenvalue weighted by Gasteiger charge is 2.30. The summed E-state index contributed by atoms with van der Waals surface area (Å²) >= 11 is 0. The third-order valence-electron chi connectivity index (χ3n) is 18.9. The van der Waals surface area contributed by atoms with Gasteiger partial charge in [0, 0.05) is 25.7 Å². The standard InChI is InChI=1S/C81H158O17P2/c1-8-9-10-11-12-13-14-15-23-28-34-43-50-57-64-80(85)98-77(69-92-79(84)63-56-49-42-37-36-40-47-54-61-74(6)7)71-96-100(89,90)94-67-75(82)66-93-99(87,88)95-70-76(68-91-78(83)62-55-48-41-33-30-25-27-32-39-46-53-60-73(4)5)97-81(86)65-58-51-44-35-29-24-21-19-17-16-18-20-22-26-31-38-45-52-59-72(2)3/h72-77,82H,8-71H2,1-7H3,(H,87,88)(H,89,90)/t75-,76-,77-/m1/s1. The Morgan fingerprint density at radius 1 is 0.270 bits per heavy atom. The zero-order valence-electron chi connectivity index (χ0n) is 65.7. The summed E-state index contributed by atoms with van der Waals surface area (Å²) in [5, 5.41) is 10.6. The van der Waals surface area contributed by atoms with Crippen molar-refractivity contribution in [1.29, 1.82) is 0 Å². The Labute approximate surface area is 613 Å². The van der Waals surface area contributed by atoms with Crippen LogP contribution in [0.4, 0.5) is 0 Å². The second-order valence-electron chi connectivity index (χ2n) is 30.6. The van der Waals surface area contributed by atoms with Gasteiger partial charge in [0.15, 0.2) is 12.2 Å². The molecule has 2 unspecified atom stereocenters. The minimum atomic E-state index is -4.96. The van der Waals surface area contributed by atoms with Gasteiger partial charge >= 0.3 is 39.5 Å². The minimum absolute atomic E-state index is 0.107. The molecule has 0 aromatic carbocycles. The van der Waals surface area contributed by atoms with Crippen LogP contribution in [0, 0.1) is 17.8 Å². The van der Waals surface area contributed by atoms with E-state index in [0.717, 1.165) is 108 Å². The Balaban J connectivity index is 5.23. The van der Waals surface area contributed by atoms with Crippen molar-refractivity contribution in [3.05, 3.63) is 0 Å². The molecule has 5 atom stereocenters. The lowest BCUT2D eigenvalue weighted by atomic mass is 10.0. The van der Waals surface area contributed by atoms with Crippen LogP contribution in [0.3, 0.4) is 0 Å². The fourth-order valence-corrected chi connectivity index (χ4v) is 14.1. The Kier molecular flexibility index (Phi) is 69.9. The van der Waals surface area contributed by atoms with Crippen molar-refractivity contribution in [2.24, 2.45) is 17.8 Å². The second kappa shape index (κ2) is 71.3. The summed E-state index contributed by atoms with van der Waals surface area (Å²) < 4.78 is 68.7. The SMILES string of the molecule is CCCCCCCCCCCCCCCCC(=O)O[C@H](COC(=O)CCCCCCCCCCC(C)C)COP(=O)(O)OC[C@H](O)COP(=O)(O)OC[C@@H](COC(=O)CCCCCCCCCCCCCC(C)C)OC(=O)CCCCCCCCCCCCCCCCCCCCC(C)C. The van der Waals surface area contributed by atoms with Gasteiger partial charge in [0.1, 0.15) is 19.3 Å². The van der Waals surface area contributed by atoms with E-state index < -0.39 is 97.5 Å². The highest BCUT2D eigenvalue weighted by molar-refractivity contribution is 7.47. The van der Waals surface area contributed by atoms with E-state index in [9.17, 15) is 43.2 Å². The molecular formula is C81H158O17P2. The molecule has 0 bridgehead atoms. The molecule has 0 saturated carbocycles. The largest absolute Gasteiger partial charge is 0.472 e. The Bertz CT molecular complexity index is 1940. The highest BCUT2D eigenvalue weighted by atomic mass is 31.2. The Hall–Kier alpha value is -1.94. The lowest BCUT2D eigenvalue weighted by molar-refractivity contribution is -0.161. The molecule has 0 rings (SSSR count). The molecule has 0 aliphatic carbocycles.